The zero-order chi connectivity index (χ0) is 11.6. The van der Waals surface area contributed by atoms with Crippen LogP contribution in [-0.4, -0.2) is 24.0 Å². The molecule has 0 aliphatic carbocycles. The molecular formula is C10H12FNO3. The van der Waals surface area contributed by atoms with Gasteiger partial charge in [0.15, 0.2) is 17.3 Å². The first-order chi connectivity index (χ1) is 6.97. The molecule has 1 unspecified atom stereocenters. The van der Waals surface area contributed by atoms with Crippen LogP contribution in [0.5, 0.6) is 11.5 Å². The molecule has 0 saturated heterocycles. The lowest BCUT2D eigenvalue weighted by atomic mass is 10.0. The normalized spacial score (nSPS) is 12.3. The summed E-state index contributed by atoms with van der Waals surface area (Å²) in [6.45, 7) is 1.48. The predicted octanol–water partition coefficient (Wildman–Crippen LogP) is 1.07. The average Bonchev–Trinajstić information content (AvgIpc) is 2.17. The monoisotopic (exact) mass is 213 g/mol. The maximum atomic E-state index is 13.1. The van der Waals surface area contributed by atoms with Gasteiger partial charge in [-0.1, -0.05) is 0 Å². The molecule has 0 amide bonds. The molecule has 0 bridgehead atoms. The molecule has 0 aliphatic rings. The van der Waals surface area contributed by atoms with Crippen molar-refractivity contribution in [3.63, 3.8) is 0 Å². The van der Waals surface area contributed by atoms with E-state index in [1.165, 1.54) is 14.0 Å². The van der Waals surface area contributed by atoms with Gasteiger partial charge in [-0.15, -0.1) is 0 Å². The summed E-state index contributed by atoms with van der Waals surface area (Å²) in [6, 6.07) is 1.20. The van der Waals surface area contributed by atoms with Gasteiger partial charge in [-0.3, -0.25) is 4.79 Å². The van der Waals surface area contributed by atoms with E-state index in [0.29, 0.717) is 0 Å². The summed E-state index contributed by atoms with van der Waals surface area (Å²) < 4.78 is 17.8. The highest BCUT2D eigenvalue weighted by molar-refractivity contribution is 6.02. The van der Waals surface area contributed by atoms with Gasteiger partial charge in [0.2, 0.25) is 0 Å². The highest BCUT2D eigenvalue weighted by Gasteiger charge is 2.18. The highest BCUT2D eigenvalue weighted by atomic mass is 19.1. The SMILES string of the molecule is COc1cc(C(=O)C(C)N)c(O)cc1F. The molecule has 0 radical (unpaired) electrons. The van der Waals surface area contributed by atoms with Crippen molar-refractivity contribution >= 4 is 5.78 Å². The minimum Gasteiger partial charge on any atom is -0.507 e. The fourth-order valence-corrected chi connectivity index (χ4v) is 1.14. The Kier molecular flexibility index (Phi) is 3.26. The molecule has 4 nitrogen and oxygen atoms in total. The minimum absolute atomic E-state index is 0.0387. The van der Waals surface area contributed by atoms with Gasteiger partial charge in [0.25, 0.3) is 0 Å². The molecule has 0 aliphatic heterocycles. The number of methoxy groups -OCH3 is 1. The zero-order valence-corrected chi connectivity index (χ0v) is 8.45. The quantitative estimate of drug-likeness (QED) is 0.736. The van der Waals surface area contributed by atoms with Gasteiger partial charge in [0, 0.05) is 6.07 Å². The highest BCUT2D eigenvalue weighted by Crippen LogP contribution is 2.27. The Morgan fingerprint density at radius 1 is 1.60 bits per heavy atom. The number of halogens is 1. The Morgan fingerprint density at radius 2 is 2.20 bits per heavy atom. The second-order valence-corrected chi connectivity index (χ2v) is 3.16. The summed E-state index contributed by atoms with van der Waals surface area (Å²) in [4.78, 5) is 11.5. The summed E-state index contributed by atoms with van der Waals surface area (Å²) in [5.41, 5.74) is 5.33. The van der Waals surface area contributed by atoms with Crippen LogP contribution < -0.4 is 10.5 Å². The number of Topliss-reactive ketones (excluding diaryl/α,β-unsaturated/α-hetero) is 1. The summed E-state index contributed by atoms with van der Waals surface area (Å²) in [5.74, 6) is -1.73. The standard InChI is InChI=1S/C10H12FNO3/c1-5(12)10(14)6-3-9(15-2)7(11)4-8(6)13/h3-5,13H,12H2,1-2H3. The molecule has 0 heterocycles. The summed E-state index contributed by atoms with van der Waals surface area (Å²) >= 11 is 0. The van der Waals surface area contributed by atoms with Crippen molar-refractivity contribution < 1.29 is 19.0 Å². The van der Waals surface area contributed by atoms with Crippen LogP contribution in [0.15, 0.2) is 12.1 Å². The predicted molar refractivity (Wildman–Crippen MR) is 52.6 cm³/mol. The van der Waals surface area contributed by atoms with Gasteiger partial charge in [0.1, 0.15) is 5.75 Å². The van der Waals surface area contributed by atoms with Crippen molar-refractivity contribution in [3.8, 4) is 11.5 Å². The van der Waals surface area contributed by atoms with Crippen LogP contribution in [0.3, 0.4) is 0 Å². The molecule has 3 N–H and O–H groups in total. The van der Waals surface area contributed by atoms with Gasteiger partial charge in [-0.05, 0) is 13.0 Å². The zero-order valence-electron chi connectivity index (χ0n) is 8.45. The molecule has 82 valence electrons. The number of hydrogen-bond donors (Lipinski definition) is 2. The van der Waals surface area contributed by atoms with E-state index in [-0.39, 0.29) is 11.3 Å². The second kappa shape index (κ2) is 4.27. The van der Waals surface area contributed by atoms with Crippen molar-refractivity contribution in [1.29, 1.82) is 0 Å². The number of nitrogens with two attached hydrogens (primary N) is 1. The fourth-order valence-electron chi connectivity index (χ4n) is 1.14. The lowest BCUT2D eigenvalue weighted by molar-refractivity contribution is 0.0965. The van der Waals surface area contributed by atoms with E-state index >= 15 is 0 Å². The van der Waals surface area contributed by atoms with Crippen LogP contribution in [0.25, 0.3) is 0 Å². The van der Waals surface area contributed by atoms with Gasteiger partial charge in [-0.2, -0.15) is 0 Å². The number of rotatable bonds is 3. The molecule has 5 heteroatoms. The number of carbonyl (C=O) groups is 1. The third-order valence-corrected chi connectivity index (χ3v) is 1.95. The molecule has 1 rings (SSSR count). The van der Waals surface area contributed by atoms with Crippen LogP contribution in [0, 0.1) is 5.82 Å². The molecule has 0 aromatic heterocycles. The molecule has 0 saturated carbocycles. The van der Waals surface area contributed by atoms with E-state index in [2.05, 4.69) is 0 Å². The maximum absolute atomic E-state index is 13.1. The molecule has 1 aromatic rings. The van der Waals surface area contributed by atoms with Crippen molar-refractivity contribution in [2.24, 2.45) is 5.73 Å². The number of benzene rings is 1. The average molecular weight is 213 g/mol. The first-order valence-electron chi connectivity index (χ1n) is 4.33. The Labute approximate surface area is 86.5 Å². The lowest BCUT2D eigenvalue weighted by Gasteiger charge is -2.09. The van der Waals surface area contributed by atoms with Crippen molar-refractivity contribution in [2.45, 2.75) is 13.0 Å². The first-order valence-corrected chi connectivity index (χ1v) is 4.33. The third-order valence-electron chi connectivity index (χ3n) is 1.95. The number of phenolic OH excluding ortho intramolecular Hbond substituents is 1. The van der Waals surface area contributed by atoms with E-state index in [4.69, 9.17) is 10.5 Å². The smallest absolute Gasteiger partial charge is 0.183 e. The number of ether oxygens (including phenoxy) is 1. The van der Waals surface area contributed by atoms with Crippen molar-refractivity contribution in [1.82, 2.24) is 0 Å². The molecule has 1 atom stereocenters. The van der Waals surface area contributed by atoms with Gasteiger partial charge in [0.05, 0.1) is 18.7 Å². The van der Waals surface area contributed by atoms with E-state index in [1.807, 2.05) is 0 Å². The van der Waals surface area contributed by atoms with Crippen LogP contribution >= 0.6 is 0 Å². The minimum atomic E-state index is -0.758. The van der Waals surface area contributed by atoms with Crippen molar-refractivity contribution in [3.05, 3.63) is 23.5 Å². The molecular weight excluding hydrogens is 201 g/mol. The van der Waals surface area contributed by atoms with Crippen LogP contribution in [0.1, 0.15) is 17.3 Å². The molecule has 1 aromatic carbocycles. The van der Waals surface area contributed by atoms with E-state index in [9.17, 15) is 14.3 Å². The van der Waals surface area contributed by atoms with Crippen LogP contribution in [-0.2, 0) is 0 Å². The number of hydrogen-bond acceptors (Lipinski definition) is 4. The largest absolute Gasteiger partial charge is 0.507 e. The number of phenols is 1. The summed E-state index contributed by atoms with van der Waals surface area (Å²) in [7, 11) is 1.27. The van der Waals surface area contributed by atoms with Gasteiger partial charge in [-0.25, -0.2) is 4.39 Å². The Hall–Kier alpha value is -1.62. The lowest BCUT2D eigenvalue weighted by Crippen LogP contribution is -2.26. The fraction of sp³-hybridized carbons (Fsp3) is 0.300. The van der Waals surface area contributed by atoms with Crippen LogP contribution in [0.4, 0.5) is 4.39 Å². The van der Waals surface area contributed by atoms with Gasteiger partial charge >= 0.3 is 0 Å². The summed E-state index contributed by atoms with van der Waals surface area (Å²) in [5, 5.41) is 9.36. The van der Waals surface area contributed by atoms with Gasteiger partial charge < -0.3 is 15.6 Å². The maximum Gasteiger partial charge on any atom is 0.183 e. The van der Waals surface area contributed by atoms with Crippen LogP contribution in [0.2, 0.25) is 0 Å². The Bertz CT molecular complexity index is 390. The number of ketones is 1. The first kappa shape index (κ1) is 11.5. The Balaban J connectivity index is 3.24. The van der Waals surface area contributed by atoms with E-state index in [1.54, 1.807) is 0 Å². The molecule has 0 fully saturated rings. The number of aromatic hydroxyl groups is 1. The second-order valence-electron chi connectivity index (χ2n) is 3.16. The molecule has 15 heavy (non-hydrogen) atoms. The van der Waals surface area contributed by atoms with E-state index < -0.39 is 23.4 Å². The summed E-state index contributed by atoms with van der Waals surface area (Å²) in [6.07, 6.45) is 0. The molecule has 0 spiro atoms. The van der Waals surface area contributed by atoms with E-state index in [0.717, 1.165) is 12.1 Å². The van der Waals surface area contributed by atoms with Crippen molar-refractivity contribution in [2.75, 3.05) is 7.11 Å². The Morgan fingerprint density at radius 3 is 2.67 bits per heavy atom. The topological polar surface area (TPSA) is 72.5 Å². The third kappa shape index (κ3) is 2.24. The number of carbonyl (C=O) groups excluding carboxylic acids is 1.